The Kier molecular flexibility index (Phi) is 5.29. The summed E-state index contributed by atoms with van der Waals surface area (Å²) < 4.78 is 9.83. The smallest absolute Gasteiger partial charge is 0.320 e. The quantitative estimate of drug-likeness (QED) is 0.615. The Morgan fingerprint density at radius 1 is 1.42 bits per heavy atom. The van der Waals surface area contributed by atoms with Crippen molar-refractivity contribution in [1.82, 2.24) is 4.98 Å². The molecule has 0 spiro atoms. The van der Waals surface area contributed by atoms with Crippen LogP contribution < -0.4 is 4.74 Å². The molecule has 0 saturated carbocycles. The molecule has 0 fully saturated rings. The summed E-state index contributed by atoms with van der Waals surface area (Å²) in [5.74, 6) is -2.65. The lowest BCUT2D eigenvalue weighted by atomic mass is 10.0. The Bertz CT molecular complexity index is 472. The number of nitrogens with zero attached hydrogens (tertiary/aromatic N) is 1. The summed E-state index contributed by atoms with van der Waals surface area (Å²) in [5.41, 5.74) is 1.18. The zero-order valence-electron chi connectivity index (χ0n) is 11.2. The standard InChI is InChI=1S/C13H17NO5/c1-4-19-13(17)11(12(15)16)7-9-6-10(18-3)5-8(2)14-9/h5-6,11H,4,7H2,1-3H3,(H,15,16). The zero-order chi connectivity index (χ0) is 14.4. The van der Waals surface area contributed by atoms with Crippen LogP contribution in [-0.4, -0.2) is 35.7 Å². The van der Waals surface area contributed by atoms with Crippen molar-refractivity contribution in [2.45, 2.75) is 20.3 Å². The molecule has 0 amide bonds. The van der Waals surface area contributed by atoms with E-state index in [0.717, 1.165) is 0 Å². The molecule has 0 aliphatic carbocycles. The van der Waals surface area contributed by atoms with Crippen LogP contribution in [0.1, 0.15) is 18.3 Å². The van der Waals surface area contributed by atoms with Gasteiger partial charge in [-0.1, -0.05) is 0 Å². The van der Waals surface area contributed by atoms with E-state index in [1.54, 1.807) is 26.0 Å². The molecular weight excluding hydrogens is 250 g/mol. The first-order chi connectivity index (χ1) is 8.97. The van der Waals surface area contributed by atoms with E-state index in [4.69, 9.17) is 14.6 Å². The molecule has 0 radical (unpaired) electrons. The number of carboxylic acid groups (broad SMARTS) is 1. The molecule has 1 aromatic rings. The van der Waals surface area contributed by atoms with Crippen molar-refractivity contribution in [2.75, 3.05) is 13.7 Å². The first-order valence-electron chi connectivity index (χ1n) is 5.89. The van der Waals surface area contributed by atoms with Crippen LogP contribution in [0.3, 0.4) is 0 Å². The SMILES string of the molecule is CCOC(=O)C(Cc1cc(OC)cc(C)n1)C(=O)O. The van der Waals surface area contributed by atoms with Crippen molar-refractivity contribution in [1.29, 1.82) is 0 Å². The summed E-state index contributed by atoms with van der Waals surface area (Å²) in [4.78, 5) is 26.9. The summed E-state index contributed by atoms with van der Waals surface area (Å²) in [5, 5.41) is 9.07. The molecule has 0 aliphatic heterocycles. The van der Waals surface area contributed by atoms with Crippen molar-refractivity contribution in [3.63, 3.8) is 0 Å². The fourth-order valence-electron chi connectivity index (χ4n) is 1.65. The van der Waals surface area contributed by atoms with Crippen molar-refractivity contribution >= 4 is 11.9 Å². The van der Waals surface area contributed by atoms with E-state index in [0.29, 0.717) is 17.1 Å². The van der Waals surface area contributed by atoms with E-state index < -0.39 is 17.9 Å². The Morgan fingerprint density at radius 3 is 2.63 bits per heavy atom. The Hall–Kier alpha value is -2.11. The number of pyridine rings is 1. The number of carbonyl (C=O) groups is 2. The van der Waals surface area contributed by atoms with Crippen LogP contribution in [0.25, 0.3) is 0 Å². The molecule has 104 valence electrons. The summed E-state index contributed by atoms with van der Waals surface area (Å²) >= 11 is 0. The van der Waals surface area contributed by atoms with Crippen molar-refractivity contribution in [3.8, 4) is 5.75 Å². The van der Waals surface area contributed by atoms with Gasteiger partial charge in [-0.15, -0.1) is 0 Å². The van der Waals surface area contributed by atoms with E-state index in [2.05, 4.69) is 4.98 Å². The monoisotopic (exact) mass is 267 g/mol. The first-order valence-corrected chi connectivity index (χ1v) is 5.89. The minimum absolute atomic E-state index is 0.0216. The number of rotatable bonds is 6. The third-order valence-corrected chi connectivity index (χ3v) is 2.50. The molecule has 1 aromatic heterocycles. The number of esters is 1. The molecule has 0 bridgehead atoms. The highest BCUT2D eigenvalue weighted by Crippen LogP contribution is 2.17. The predicted molar refractivity (Wildman–Crippen MR) is 67.0 cm³/mol. The van der Waals surface area contributed by atoms with Gasteiger partial charge in [0.25, 0.3) is 0 Å². The van der Waals surface area contributed by atoms with Crippen molar-refractivity contribution in [2.24, 2.45) is 5.92 Å². The van der Waals surface area contributed by atoms with Gasteiger partial charge in [-0.25, -0.2) is 0 Å². The maximum absolute atomic E-state index is 11.6. The van der Waals surface area contributed by atoms with Gasteiger partial charge < -0.3 is 14.6 Å². The van der Waals surface area contributed by atoms with E-state index in [-0.39, 0.29) is 13.0 Å². The van der Waals surface area contributed by atoms with Gasteiger partial charge in [0.2, 0.25) is 0 Å². The van der Waals surface area contributed by atoms with Gasteiger partial charge in [0, 0.05) is 29.9 Å². The van der Waals surface area contributed by atoms with E-state index in [1.165, 1.54) is 7.11 Å². The first kappa shape index (κ1) is 14.9. The summed E-state index contributed by atoms with van der Waals surface area (Å²) in [6, 6.07) is 3.34. The fourth-order valence-corrected chi connectivity index (χ4v) is 1.65. The normalized spacial score (nSPS) is 11.7. The lowest BCUT2D eigenvalue weighted by molar-refractivity contribution is -0.158. The number of hydrogen-bond donors (Lipinski definition) is 1. The third-order valence-electron chi connectivity index (χ3n) is 2.50. The van der Waals surface area contributed by atoms with Gasteiger partial charge >= 0.3 is 11.9 Å². The summed E-state index contributed by atoms with van der Waals surface area (Å²) in [6.07, 6.45) is -0.0216. The number of aryl methyl sites for hydroxylation is 1. The summed E-state index contributed by atoms with van der Waals surface area (Å²) in [6.45, 7) is 3.55. The molecule has 0 saturated heterocycles. The highest BCUT2D eigenvalue weighted by Gasteiger charge is 2.28. The van der Waals surface area contributed by atoms with Gasteiger partial charge in [-0.3, -0.25) is 14.6 Å². The molecule has 1 atom stereocenters. The van der Waals surface area contributed by atoms with Crippen molar-refractivity contribution < 1.29 is 24.2 Å². The number of carbonyl (C=O) groups excluding carboxylic acids is 1. The molecule has 1 rings (SSSR count). The van der Waals surface area contributed by atoms with E-state index in [1.807, 2.05) is 0 Å². The fraction of sp³-hybridized carbons (Fsp3) is 0.462. The highest BCUT2D eigenvalue weighted by atomic mass is 16.5. The van der Waals surface area contributed by atoms with E-state index in [9.17, 15) is 9.59 Å². The Morgan fingerprint density at radius 2 is 2.11 bits per heavy atom. The molecule has 0 aromatic carbocycles. The highest BCUT2D eigenvalue weighted by molar-refractivity contribution is 5.94. The average Bonchev–Trinajstić information content (AvgIpc) is 2.35. The molecule has 6 nitrogen and oxygen atoms in total. The number of hydrogen-bond acceptors (Lipinski definition) is 5. The van der Waals surface area contributed by atoms with E-state index >= 15 is 0 Å². The third kappa shape index (κ3) is 4.24. The molecule has 1 unspecified atom stereocenters. The van der Waals surface area contributed by atoms with Crippen LogP contribution >= 0.6 is 0 Å². The number of aliphatic carboxylic acids is 1. The van der Waals surface area contributed by atoms with Crippen LogP contribution in [0.15, 0.2) is 12.1 Å². The molecule has 1 N–H and O–H groups in total. The molecule has 1 heterocycles. The van der Waals surface area contributed by atoms with Crippen LogP contribution in [0.5, 0.6) is 5.75 Å². The van der Waals surface area contributed by atoms with Crippen LogP contribution in [0, 0.1) is 12.8 Å². The zero-order valence-corrected chi connectivity index (χ0v) is 11.2. The van der Waals surface area contributed by atoms with Crippen LogP contribution in [-0.2, 0) is 20.7 Å². The average molecular weight is 267 g/mol. The lowest BCUT2D eigenvalue weighted by Gasteiger charge is -2.12. The minimum atomic E-state index is -1.25. The second kappa shape index (κ2) is 6.72. The maximum atomic E-state index is 11.6. The molecule has 6 heteroatoms. The van der Waals surface area contributed by atoms with Crippen LogP contribution in [0.4, 0.5) is 0 Å². The Balaban J connectivity index is 2.93. The number of methoxy groups -OCH3 is 1. The Labute approximate surface area is 111 Å². The van der Waals surface area contributed by atoms with Gasteiger partial charge in [0.1, 0.15) is 5.75 Å². The molecule has 19 heavy (non-hydrogen) atoms. The number of aromatic nitrogens is 1. The second-order valence-corrected chi connectivity index (χ2v) is 3.99. The van der Waals surface area contributed by atoms with Gasteiger partial charge in [0.05, 0.1) is 13.7 Å². The minimum Gasteiger partial charge on any atom is -0.497 e. The number of carboxylic acids is 1. The van der Waals surface area contributed by atoms with Gasteiger partial charge in [-0.2, -0.15) is 0 Å². The second-order valence-electron chi connectivity index (χ2n) is 3.99. The van der Waals surface area contributed by atoms with Crippen molar-refractivity contribution in [3.05, 3.63) is 23.5 Å². The maximum Gasteiger partial charge on any atom is 0.320 e. The lowest BCUT2D eigenvalue weighted by Crippen LogP contribution is -2.28. The molecular formula is C13H17NO5. The molecule has 0 aliphatic rings. The number of ether oxygens (including phenoxy) is 2. The van der Waals surface area contributed by atoms with Gasteiger partial charge in [-0.05, 0) is 13.8 Å². The van der Waals surface area contributed by atoms with Crippen LogP contribution in [0.2, 0.25) is 0 Å². The topological polar surface area (TPSA) is 85.7 Å². The van der Waals surface area contributed by atoms with Gasteiger partial charge in [0.15, 0.2) is 5.92 Å². The largest absolute Gasteiger partial charge is 0.497 e. The summed E-state index contributed by atoms with van der Waals surface area (Å²) in [7, 11) is 1.51. The predicted octanol–water partition coefficient (Wildman–Crippen LogP) is 1.21.